The molecule has 0 aliphatic carbocycles. The van der Waals surface area contributed by atoms with Crippen LogP contribution in [0.1, 0.15) is 17.3 Å². The minimum Gasteiger partial charge on any atom is -0.486 e. The topological polar surface area (TPSA) is 65.4 Å². The molecule has 6 nitrogen and oxygen atoms in total. The molecule has 130 valence electrons. The Hall–Kier alpha value is -2.32. The quantitative estimate of drug-likeness (QED) is 0.474. The SMILES string of the molecule is CSc1nnc(C)n1/N=C/c1ccc(COc2ccc(F)c(Cl)c2)o1. The molecule has 0 saturated carbocycles. The molecule has 25 heavy (non-hydrogen) atoms. The number of furan rings is 1. The van der Waals surface area contributed by atoms with Gasteiger partial charge in [-0.3, -0.25) is 0 Å². The van der Waals surface area contributed by atoms with Crippen molar-refractivity contribution in [1.29, 1.82) is 0 Å². The monoisotopic (exact) mass is 380 g/mol. The second-order valence-electron chi connectivity index (χ2n) is 4.96. The van der Waals surface area contributed by atoms with Crippen molar-refractivity contribution in [3.8, 4) is 5.75 Å². The van der Waals surface area contributed by atoms with Crippen LogP contribution in [0.4, 0.5) is 4.39 Å². The van der Waals surface area contributed by atoms with Gasteiger partial charge in [0.2, 0.25) is 5.16 Å². The first-order valence-corrected chi connectivity index (χ1v) is 8.84. The predicted octanol–water partition coefficient (Wildman–Crippen LogP) is 4.16. The van der Waals surface area contributed by atoms with Crippen LogP contribution in [0, 0.1) is 12.7 Å². The lowest BCUT2D eigenvalue weighted by Gasteiger charge is -2.04. The molecular weight excluding hydrogens is 367 g/mol. The molecule has 0 amide bonds. The minimum absolute atomic E-state index is 0.0127. The Balaban J connectivity index is 1.65. The summed E-state index contributed by atoms with van der Waals surface area (Å²) in [5.74, 6) is 1.83. The molecule has 2 aromatic heterocycles. The zero-order valence-corrected chi connectivity index (χ0v) is 15.0. The summed E-state index contributed by atoms with van der Waals surface area (Å²) in [6.07, 6.45) is 3.48. The van der Waals surface area contributed by atoms with E-state index in [0.29, 0.717) is 28.3 Å². The lowest BCUT2D eigenvalue weighted by Crippen LogP contribution is -1.95. The van der Waals surface area contributed by atoms with E-state index in [1.807, 2.05) is 13.2 Å². The van der Waals surface area contributed by atoms with Crippen molar-refractivity contribution in [1.82, 2.24) is 14.9 Å². The van der Waals surface area contributed by atoms with Gasteiger partial charge in [-0.15, -0.1) is 10.2 Å². The summed E-state index contributed by atoms with van der Waals surface area (Å²) in [6, 6.07) is 7.73. The summed E-state index contributed by atoms with van der Waals surface area (Å²) in [5, 5.41) is 13.0. The van der Waals surface area contributed by atoms with E-state index in [1.165, 1.54) is 30.0 Å². The average molecular weight is 381 g/mol. The maximum Gasteiger partial charge on any atom is 0.211 e. The maximum absolute atomic E-state index is 13.1. The van der Waals surface area contributed by atoms with E-state index in [2.05, 4.69) is 15.3 Å². The van der Waals surface area contributed by atoms with Crippen LogP contribution >= 0.6 is 23.4 Å². The van der Waals surface area contributed by atoms with Crippen molar-refractivity contribution in [2.45, 2.75) is 18.7 Å². The third kappa shape index (κ3) is 4.21. The first-order chi connectivity index (χ1) is 12.1. The zero-order chi connectivity index (χ0) is 17.8. The molecule has 0 spiro atoms. The van der Waals surface area contributed by atoms with Gasteiger partial charge in [0.25, 0.3) is 0 Å². The van der Waals surface area contributed by atoms with Crippen LogP contribution in [0.5, 0.6) is 5.75 Å². The van der Waals surface area contributed by atoms with E-state index in [1.54, 1.807) is 23.0 Å². The molecule has 0 radical (unpaired) electrons. The number of halogens is 2. The van der Waals surface area contributed by atoms with E-state index in [-0.39, 0.29) is 11.6 Å². The largest absolute Gasteiger partial charge is 0.486 e. The number of aromatic nitrogens is 3. The molecule has 0 unspecified atom stereocenters. The van der Waals surface area contributed by atoms with E-state index >= 15 is 0 Å². The molecule has 1 aromatic carbocycles. The fourth-order valence-electron chi connectivity index (χ4n) is 1.98. The maximum atomic E-state index is 13.1. The molecule has 2 heterocycles. The van der Waals surface area contributed by atoms with Crippen molar-refractivity contribution in [3.05, 3.63) is 58.5 Å². The van der Waals surface area contributed by atoms with Gasteiger partial charge in [0.05, 0.1) is 11.2 Å². The number of hydrogen-bond acceptors (Lipinski definition) is 6. The lowest BCUT2D eigenvalue weighted by molar-refractivity contribution is 0.269. The summed E-state index contributed by atoms with van der Waals surface area (Å²) in [7, 11) is 0. The Morgan fingerprint density at radius 3 is 2.96 bits per heavy atom. The second-order valence-corrected chi connectivity index (χ2v) is 6.14. The molecule has 0 fully saturated rings. The van der Waals surface area contributed by atoms with E-state index < -0.39 is 5.82 Å². The first kappa shape index (κ1) is 17.5. The summed E-state index contributed by atoms with van der Waals surface area (Å²) in [5.41, 5.74) is 0. The van der Waals surface area contributed by atoms with Crippen molar-refractivity contribution in [2.75, 3.05) is 6.26 Å². The minimum atomic E-state index is -0.487. The Morgan fingerprint density at radius 1 is 1.36 bits per heavy atom. The summed E-state index contributed by atoms with van der Waals surface area (Å²) in [4.78, 5) is 0. The van der Waals surface area contributed by atoms with Gasteiger partial charge < -0.3 is 9.15 Å². The number of nitrogens with zero attached hydrogens (tertiary/aromatic N) is 4. The Bertz CT molecular complexity index is 909. The highest BCUT2D eigenvalue weighted by molar-refractivity contribution is 7.98. The van der Waals surface area contributed by atoms with Gasteiger partial charge in [-0.1, -0.05) is 23.4 Å². The normalized spacial score (nSPS) is 11.4. The van der Waals surface area contributed by atoms with E-state index in [9.17, 15) is 4.39 Å². The van der Waals surface area contributed by atoms with Crippen LogP contribution in [0.25, 0.3) is 0 Å². The van der Waals surface area contributed by atoms with Crippen molar-refractivity contribution in [3.63, 3.8) is 0 Å². The van der Waals surface area contributed by atoms with Gasteiger partial charge in [0.1, 0.15) is 29.7 Å². The number of thioether (sulfide) groups is 1. The molecular formula is C16H14ClFN4O2S. The Labute approximate surface area is 152 Å². The zero-order valence-electron chi connectivity index (χ0n) is 13.4. The predicted molar refractivity (Wildman–Crippen MR) is 94.0 cm³/mol. The molecule has 0 aliphatic rings. The second kappa shape index (κ2) is 7.71. The first-order valence-electron chi connectivity index (χ1n) is 7.23. The molecule has 0 saturated heterocycles. The van der Waals surface area contributed by atoms with Crippen molar-refractivity contribution >= 4 is 29.6 Å². The van der Waals surface area contributed by atoms with Gasteiger partial charge in [-0.25, -0.2) is 4.39 Å². The van der Waals surface area contributed by atoms with Crippen LogP contribution in [-0.4, -0.2) is 27.3 Å². The number of rotatable bonds is 6. The highest BCUT2D eigenvalue weighted by atomic mass is 35.5. The van der Waals surface area contributed by atoms with Gasteiger partial charge in [0.15, 0.2) is 5.82 Å². The molecule has 0 aliphatic heterocycles. The molecule has 9 heteroatoms. The molecule has 0 N–H and O–H groups in total. The van der Waals surface area contributed by atoms with Crippen LogP contribution in [-0.2, 0) is 6.61 Å². The number of aryl methyl sites for hydroxylation is 1. The highest BCUT2D eigenvalue weighted by Crippen LogP contribution is 2.22. The lowest BCUT2D eigenvalue weighted by atomic mass is 10.3. The highest BCUT2D eigenvalue weighted by Gasteiger charge is 2.07. The number of benzene rings is 1. The molecule has 0 bridgehead atoms. The van der Waals surface area contributed by atoms with Crippen molar-refractivity contribution in [2.24, 2.45) is 5.10 Å². The van der Waals surface area contributed by atoms with Gasteiger partial charge in [0, 0.05) is 6.07 Å². The van der Waals surface area contributed by atoms with Gasteiger partial charge in [-0.2, -0.15) is 9.78 Å². The number of ether oxygens (including phenoxy) is 1. The summed E-state index contributed by atoms with van der Waals surface area (Å²) < 4.78 is 25.9. The van der Waals surface area contributed by atoms with Gasteiger partial charge in [-0.05, 0) is 37.4 Å². The standard InChI is InChI=1S/C16H14ClFN4O2S/c1-10-20-21-16(25-2)22(10)19-8-12-3-4-13(24-12)9-23-11-5-6-15(18)14(17)7-11/h3-8H,9H2,1-2H3/b19-8+. The fraction of sp³-hybridized carbons (Fsp3) is 0.188. The smallest absolute Gasteiger partial charge is 0.211 e. The van der Waals surface area contributed by atoms with Crippen LogP contribution in [0.2, 0.25) is 5.02 Å². The van der Waals surface area contributed by atoms with Gasteiger partial charge >= 0.3 is 0 Å². The van der Waals surface area contributed by atoms with Crippen LogP contribution in [0.3, 0.4) is 0 Å². The van der Waals surface area contributed by atoms with Crippen LogP contribution in [0.15, 0.2) is 45.0 Å². The van der Waals surface area contributed by atoms with E-state index in [0.717, 1.165) is 0 Å². The average Bonchev–Trinajstić information content (AvgIpc) is 3.20. The number of hydrogen-bond donors (Lipinski definition) is 0. The van der Waals surface area contributed by atoms with Crippen molar-refractivity contribution < 1.29 is 13.5 Å². The molecule has 3 aromatic rings. The molecule has 0 atom stereocenters. The summed E-state index contributed by atoms with van der Waals surface area (Å²) >= 11 is 7.17. The Kier molecular flexibility index (Phi) is 5.40. The third-order valence-corrected chi connectivity index (χ3v) is 4.11. The summed E-state index contributed by atoms with van der Waals surface area (Å²) in [6.45, 7) is 2.01. The molecule has 3 rings (SSSR count). The van der Waals surface area contributed by atoms with Crippen LogP contribution < -0.4 is 4.74 Å². The Morgan fingerprint density at radius 2 is 2.20 bits per heavy atom. The fourth-order valence-corrected chi connectivity index (χ4v) is 2.62. The third-order valence-electron chi connectivity index (χ3n) is 3.21. The van der Waals surface area contributed by atoms with E-state index in [4.69, 9.17) is 20.8 Å².